The highest BCUT2D eigenvalue weighted by atomic mass is 79.9. The molecule has 0 unspecified atom stereocenters. The van der Waals surface area contributed by atoms with Crippen molar-refractivity contribution < 1.29 is 5.11 Å². The van der Waals surface area contributed by atoms with Gasteiger partial charge >= 0.3 is 0 Å². The van der Waals surface area contributed by atoms with E-state index >= 15 is 0 Å². The molecule has 0 spiro atoms. The maximum absolute atomic E-state index is 10.6. The zero-order valence-corrected chi connectivity index (χ0v) is 9.92. The lowest BCUT2D eigenvalue weighted by Gasteiger charge is -2.29. The number of benzene rings is 1. The summed E-state index contributed by atoms with van der Waals surface area (Å²) in [5, 5.41) is 10.6. The zero-order chi connectivity index (χ0) is 10.2. The summed E-state index contributed by atoms with van der Waals surface area (Å²) < 4.78 is 1.02. The zero-order valence-electron chi connectivity index (χ0n) is 8.33. The molecule has 2 heteroatoms. The van der Waals surface area contributed by atoms with E-state index in [9.17, 15) is 5.11 Å². The van der Waals surface area contributed by atoms with Gasteiger partial charge in [-0.15, -0.1) is 0 Å². The highest BCUT2D eigenvalue weighted by Crippen LogP contribution is 2.45. The monoisotopic (exact) mass is 254 g/mol. The first-order valence-corrected chi connectivity index (χ1v) is 5.91. The maximum Gasteiger partial charge on any atom is 0.0932 e. The van der Waals surface area contributed by atoms with E-state index in [0.717, 1.165) is 29.3 Å². The summed E-state index contributed by atoms with van der Waals surface area (Å²) in [6.07, 6.45) is 3.13. The van der Waals surface area contributed by atoms with E-state index in [4.69, 9.17) is 0 Å². The Bertz CT molecular complexity index is 337. The van der Waals surface area contributed by atoms with Gasteiger partial charge in [-0.1, -0.05) is 41.1 Å². The van der Waals surface area contributed by atoms with Crippen LogP contribution >= 0.6 is 15.9 Å². The minimum Gasteiger partial charge on any atom is -0.385 e. The molecule has 0 heterocycles. The van der Waals surface area contributed by atoms with Crippen molar-refractivity contribution in [1.82, 2.24) is 0 Å². The van der Waals surface area contributed by atoms with Gasteiger partial charge in [-0.3, -0.25) is 0 Å². The van der Waals surface area contributed by atoms with Crippen molar-refractivity contribution in [2.75, 3.05) is 0 Å². The van der Waals surface area contributed by atoms with Crippen molar-refractivity contribution in [3.8, 4) is 0 Å². The minimum atomic E-state index is -0.611. The number of rotatable bonds is 1. The largest absolute Gasteiger partial charge is 0.385 e. The summed E-state index contributed by atoms with van der Waals surface area (Å²) in [4.78, 5) is 0. The van der Waals surface area contributed by atoms with E-state index in [-0.39, 0.29) is 0 Å². The Morgan fingerprint density at radius 2 is 2.14 bits per heavy atom. The van der Waals surface area contributed by atoms with Crippen molar-refractivity contribution in [3.05, 3.63) is 34.3 Å². The van der Waals surface area contributed by atoms with Crippen LogP contribution in [0.25, 0.3) is 0 Å². The predicted molar refractivity (Wildman–Crippen MR) is 61.1 cm³/mol. The van der Waals surface area contributed by atoms with Crippen molar-refractivity contribution in [1.29, 1.82) is 0 Å². The molecule has 2 atom stereocenters. The molecule has 1 aromatic carbocycles. The number of hydrogen-bond donors (Lipinski definition) is 1. The third-order valence-electron chi connectivity index (χ3n) is 3.35. The van der Waals surface area contributed by atoms with Gasteiger partial charge in [0.2, 0.25) is 0 Å². The van der Waals surface area contributed by atoms with Crippen LogP contribution < -0.4 is 0 Å². The minimum absolute atomic E-state index is 0.362. The second-order valence-electron chi connectivity index (χ2n) is 4.20. The van der Waals surface area contributed by atoms with Crippen LogP contribution in [-0.4, -0.2) is 5.11 Å². The SMILES string of the molecule is C[C@@H]1CCC[C@@]1(O)c1ccccc1Br. The molecule has 1 saturated carbocycles. The molecule has 0 bridgehead atoms. The van der Waals surface area contributed by atoms with Crippen molar-refractivity contribution in [3.63, 3.8) is 0 Å². The Morgan fingerprint density at radius 3 is 2.71 bits per heavy atom. The summed E-state index contributed by atoms with van der Waals surface area (Å²) >= 11 is 3.51. The highest BCUT2D eigenvalue weighted by molar-refractivity contribution is 9.10. The Morgan fingerprint density at radius 1 is 1.43 bits per heavy atom. The molecule has 1 N–H and O–H groups in total. The Hall–Kier alpha value is -0.340. The average Bonchev–Trinajstić information content (AvgIpc) is 2.49. The van der Waals surface area contributed by atoms with Gasteiger partial charge in [0.15, 0.2) is 0 Å². The van der Waals surface area contributed by atoms with Gasteiger partial charge in [-0.25, -0.2) is 0 Å². The summed E-state index contributed by atoms with van der Waals surface area (Å²) in [5.41, 5.74) is 0.435. The molecule has 76 valence electrons. The highest BCUT2D eigenvalue weighted by Gasteiger charge is 2.40. The number of halogens is 1. The second-order valence-corrected chi connectivity index (χ2v) is 5.05. The molecule has 1 aliphatic carbocycles. The molecule has 2 rings (SSSR count). The quantitative estimate of drug-likeness (QED) is 0.814. The topological polar surface area (TPSA) is 20.2 Å². The van der Waals surface area contributed by atoms with Crippen LogP contribution in [0, 0.1) is 5.92 Å². The summed E-state index contributed by atoms with van der Waals surface area (Å²) in [5.74, 6) is 0.362. The van der Waals surface area contributed by atoms with E-state index in [1.807, 2.05) is 24.3 Å². The van der Waals surface area contributed by atoms with Crippen LogP contribution in [0.5, 0.6) is 0 Å². The molecule has 0 radical (unpaired) electrons. The normalized spacial score (nSPS) is 32.1. The third-order valence-corrected chi connectivity index (χ3v) is 4.04. The summed E-state index contributed by atoms with van der Waals surface area (Å²) in [7, 11) is 0. The molecule has 1 fully saturated rings. The Balaban J connectivity index is 2.43. The molecule has 0 aliphatic heterocycles. The number of aliphatic hydroxyl groups is 1. The van der Waals surface area contributed by atoms with E-state index in [0.29, 0.717) is 5.92 Å². The van der Waals surface area contributed by atoms with Crippen LogP contribution in [0.1, 0.15) is 31.7 Å². The van der Waals surface area contributed by atoms with Gasteiger partial charge in [0, 0.05) is 4.47 Å². The molecule has 0 saturated heterocycles. The van der Waals surface area contributed by atoms with Gasteiger partial charge in [-0.05, 0) is 36.8 Å². The third kappa shape index (κ3) is 1.51. The first kappa shape index (κ1) is 10.2. The van der Waals surface area contributed by atoms with Crippen LogP contribution in [0.15, 0.2) is 28.7 Å². The van der Waals surface area contributed by atoms with Crippen molar-refractivity contribution >= 4 is 15.9 Å². The van der Waals surface area contributed by atoms with Gasteiger partial charge < -0.3 is 5.11 Å². The van der Waals surface area contributed by atoms with E-state index in [2.05, 4.69) is 22.9 Å². The van der Waals surface area contributed by atoms with Crippen LogP contribution in [0.4, 0.5) is 0 Å². The van der Waals surface area contributed by atoms with Gasteiger partial charge in [0.25, 0.3) is 0 Å². The van der Waals surface area contributed by atoms with Crippen LogP contribution in [0.3, 0.4) is 0 Å². The fourth-order valence-electron chi connectivity index (χ4n) is 2.38. The van der Waals surface area contributed by atoms with Gasteiger partial charge in [-0.2, -0.15) is 0 Å². The standard InChI is InChI=1S/C12H15BrO/c1-9-5-4-8-12(9,14)10-6-2-3-7-11(10)13/h2-3,6-7,9,14H,4-5,8H2,1H3/t9-,12+/m1/s1. The molecule has 1 aliphatic rings. The molecule has 0 aromatic heterocycles. The van der Waals surface area contributed by atoms with Crippen molar-refractivity contribution in [2.45, 2.75) is 31.8 Å². The van der Waals surface area contributed by atoms with Crippen LogP contribution in [-0.2, 0) is 5.60 Å². The Labute approximate surface area is 93.3 Å². The van der Waals surface area contributed by atoms with E-state index < -0.39 is 5.60 Å². The lowest BCUT2D eigenvalue weighted by molar-refractivity contribution is 0.00380. The molecule has 0 amide bonds. The molecular weight excluding hydrogens is 240 g/mol. The first-order chi connectivity index (χ1) is 6.64. The van der Waals surface area contributed by atoms with Gasteiger partial charge in [0.05, 0.1) is 5.60 Å². The van der Waals surface area contributed by atoms with Crippen LogP contribution in [0.2, 0.25) is 0 Å². The fourth-order valence-corrected chi connectivity index (χ4v) is 3.00. The van der Waals surface area contributed by atoms with E-state index in [1.165, 1.54) is 0 Å². The lowest BCUT2D eigenvalue weighted by Crippen LogP contribution is -2.28. The van der Waals surface area contributed by atoms with Gasteiger partial charge in [0.1, 0.15) is 0 Å². The lowest BCUT2D eigenvalue weighted by atomic mass is 9.85. The smallest absolute Gasteiger partial charge is 0.0932 e. The molecule has 1 nitrogen and oxygen atoms in total. The van der Waals surface area contributed by atoms with Crippen molar-refractivity contribution in [2.24, 2.45) is 5.92 Å². The Kier molecular flexibility index (Phi) is 2.67. The average molecular weight is 255 g/mol. The second kappa shape index (κ2) is 3.67. The summed E-state index contributed by atoms with van der Waals surface area (Å²) in [6, 6.07) is 7.99. The molecule has 1 aromatic rings. The first-order valence-electron chi connectivity index (χ1n) is 5.12. The molecular formula is C12H15BrO. The number of hydrogen-bond acceptors (Lipinski definition) is 1. The summed E-state index contributed by atoms with van der Waals surface area (Å²) in [6.45, 7) is 2.13. The van der Waals surface area contributed by atoms with E-state index in [1.54, 1.807) is 0 Å². The molecule has 14 heavy (non-hydrogen) atoms. The predicted octanol–water partition coefficient (Wildman–Crippen LogP) is 3.46. The maximum atomic E-state index is 10.6. The fraction of sp³-hybridized carbons (Fsp3) is 0.500.